The molecule has 112 valence electrons. The molecule has 1 aromatic rings. The SMILES string of the molecule is Cc1cc(C)c(CS(=O)(=O)C(C)C(=O)N(C)C)c(C)c1. The average molecular weight is 297 g/mol. The van der Waals surface area contributed by atoms with Gasteiger partial charge in [0.25, 0.3) is 0 Å². The molecule has 0 saturated carbocycles. The first-order valence-electron chi connectivity index (χ1n) is 6.55. The van der Waals surface area contributed by atoms with E-state index in [1.165, 1.54) is 11.8 Å². The zero-order chi connectivity index (χ0) is 15.7. The number of aryl methyl sites for hydroxylation is 3. The molecule has 0 saturated heterocycles. The van der Waals surface area contributed by atoms with Gasteiger partial charge in [0.2, 0.25) is 5.91 Å². The van der Waals surface area contributed by atoms with E-state index in [1.807, 2.05) is 32.9 Å². The molecule has 0 spiro atoms. The summed E-state index contributed by atoms with van der Waals surface area (Å²) in [6.07, 6.45) is 0. The van der Waals surface area contributed by atoms with Crippen molar-refractivity contribution in [3.63, 3.8) is 0 Å². The van der Waals surface area contributed by atoms with Gasteiger partial charge in [0.05, 0.1) is 5.75 Å². The molecule has 1 unspecified atom stereocenters. The van der Waals surface area contributed by atoms with Gasteiger partial charge in [0, 0.05) is 14.1 Å². The highest BCUT2D eigenvalue weighted by molar-refractivity contribution is 7.92. The Morgan fingerprint density at radius 1 is 1.15 bits per heavy atom. The second-order valence-electron chi connectivity index (χ2n) is 5.56. The Hall–Kier alpha value is -1.36. The fourth-order valence-corrected chi connectivity index (χ4v) is 3.91. The van der Waals surface area contributed by atoms with Gasteiger partial charge >= 0.3 is 0 Å². The number of amides is 1. The molecule has 1 rings (SSSR count). The summed E-state index contributed by atoms with van der Waals surface area (Å²) in [6.45, 7) is 7.25. The van der Waals surface area contributed by atoms with Gasteiger partial charge < -0.3 is 4.90 Å². The van der Waals surface area contributed by atoms with Gasteiger partial charge in [-0.15, -0.1) is 0 Å². The summed E-state index contributed by atoms with van der Waals surface area (Å²) in [5.41, 5.74) is 3.82. The topological polar surface area (TPSA) is 54.5 Å². The van der Waals surface area contributed by atoms with Crippen LogP contribution in [0.15, 0.2) is 12.1 Å². The molecule has 0 aliphatic rings. The van der Waals surface area contributed by atoms with Crippen LogP contribution in [0.5, 0.6) is 0 Å². The third-order valence-electron chi connectivity index (χ3n) is 3.51. The van der Waals surface area contributed by atoms with Gasteiger partial charge in [-0.1, -0.05) is 17.7 Å². The van der Waals surface area contributed by atoms with Crippen LogP contribution in [0, 0.1) is 20.8 Å². The Labute approximate surface area is 121 Å². The van der Waals surface area contributed by atoms with E-state index in [0.29, 0.717) is 0 Å². The summed E-state index contributed by atoms with van der Waals surface area (Å²) in [6, 6.07) is 3.94. The van der Waals surface area contributed by atoms with Crippen molar-refractivity contribution in [2.24, 2.45) is 0 Å². The molecular weight excluding hydrogens is 274 g/mol. The van der Waals surface area contributed by atoms with Gasteiger partial charge in [-0.25, -0.2) is 8.42 Å². The van der Waals surface area contributed by atoms with Crippen LogP contribution >= 0.6 is 0 Å². The molecule has 0 fully saturated rings. The van der Waals surface area contributed by atoms with Gasteiger partial charge in [0.15, 0.2) is 9.84 Å². The molecular formula is C15H23NO3S. The van der Waals surface area contributed by atoms with E-state index >= 15 is 0 Å². The standard InChI is InChI=1S/C15H23NO3S/c1-10-7-11(2)14(12(3)8-10)9-20(18,19)13(4)15(17)16(5)6/h7-8,13H,9H2,1-6H3. The lowest BCUT2D eigenvalue weighted by Crippen LogP contribution is -2.37. The molecule has 1 atom stereocenters. The first-order chi connectivity index (χ1) is 9.06. The van der Waals surface area contributed by atoms with Crippen molar-refractivity contribution < 1.29 is 13.2 Å². The number of hydrogen-bond acceptors (Lipinski definition) is 3. The van der Waals surface area contributed by atoms with Gasteiger partial charge in [-0.3, -0.25) is 4.79 Å². The Balaban J connectivity index is 3.12. The molecule has 0 aliphatic heterocycles. The molecule has 5 heteroatoms. The molecule has 0 heterocycles. The summed E-state index contributed by atoms with van der Waals surface area (Å²) < 4.78 is 24.8. The summed E-state index contributed by atoms with van der Waals surface area (Å²) in [4.78, 5) is 13.2. The maximum Gasteiger partial charge on any atom is 0.240 e. The monoisotopic (exact) mass is 297 g/mol. The minimum absolute atomic E-state index is 0.0916. The third kappa shape index (κ3) is 3.60. The largest absolute Gasteiger partial charge is 0.348 e. The van der Waals surface area contributed by atoms with Gasteiger partial charge in [0.1, 0.15) is 5.25 Å². The molecule has 0 aliphatic carbocycles. The number of nitrogens with zero attached hydrogens (tertiary/aromatic N) is 1. The van der Waals surface area contributed by atoms with E-state index in [1.54, 1.807) is 14.1 Å². The van der Waals surface area contributed by atoms with Crippen LogP contribution < -0.4 is 0 Å². The number of benzene rings is 1. The maximum absolute atomic E-state index is 12.4. The van der Waals surface area contributed by atoms with Crippen LogP contribution in [0.25, 0.3) is 0 Å². The molecule has 1 amide bonds. The van der Waals surface area contributed by atoms with E-state index in [-0.39, 0.29) is 11.7 Å². The number of rotatable bonds is 4. The zero-order valence-electron chi connectivity index (χ0n) is 13.0. The van der Waals surface area contributed by atoms with Crippen LogP contribution in [0.1, 0.15) is 29.2 Å². The fourth-order valence-electron chi connectivity index (χ4n) is 2.28. The van der Waals surface area contributed by atoms with Crippen LogP contribution in [-0.2, 0) is 20.4 Å². The lowest BCUT2D eigenvalue weighted by atomic mass is 10.0. The van der Waals surface area contributed by atoms with E-state index < -0.39 is 15.1 Å². The second kappa shape index (κ2) is 5.95. The maximum atomic E-state index is 12.4. The highest BCUT2D eigenvalue weighted by atomic mass is 32.2. The number of sulfone groups is 1. The first kappa shape index (κ1) is 16.7. The van der Waals surface area contributed by atoms with Gasteiger partial charge in [-0.2, -0.15) is 0 Å². The summed E-state index contributed by atoms with van der Waals surface area (Å²) in [5.74, 6) is -0.474. The van der Waals surface area contributed by atoms with Crippen LogP contribution in [0.4, 0.5) is 0 Å². The van der Waals surface area contributed by atoms with Crippen molar-refractivity contribution in [2.75, 3.05) is 14.1 Å². The molecule has 0 N–H and O–H groups in total. The van der Waals surface area contributed by atoms with Gasteiger partial charge in [-0.05, 0) is 44.4 Å². The van der Waals surface area contributed by atoms with Crippen molar-refractivity contribution >= 4 is 15.7 Å². The number of hydrogen-bond donors (Lipinski definition) is 0. The smallest absolute Gasteiger partial charge is 0.240 e. The zero-order valence-corrected chi connectivity index (χ0v) is 13.8. The summed E-state index contributed by atoms with van der Waals surface area (Å²) in [7, 11) is -0.374. The van der Waals surface area contributed by atoms with E-state index in [9.17, 15) is 13.2 Å². The Morgan fingerprint density at radius 3 is 2.00 bits per heavy atom. The third-order valence-corrected chi connectivity index (χ3v) is 5.48. The Bertz CT molecular complexity index is 595. The van der Waals surface area contributed by atoms with Crippen molar-refractivity contribution in [3.8, 4) is 0 Å². The molecule has 4 nitrogen and oxygen atoms in total. The Morgan fingerprint density at radius 2 is 1.60 bits per heavy atom. The molecule has 0 bridgehead atoms. The van der Waals surface area contributed by atoms with Crippen molar-refractivity contribution in [3.05, 3.63) is 34.4 Å². The Kier molecular flexibility index (Phi) is 4.97. The van der Waals surface area contributed by atoms with Crippen LogP contribution in [0.3, 0.4) is 0 Å². The number of carbonyl (C=O) groups excluding carboxylic acids is 1. The van der Waals surface area contributed by atoms with Crippen LogP contribution in [0.2, 0.25) is 0 Å². The second-order valence-corrected chi connectivity index (χ2v) is 7.88. The lowest BCUT2D eigenvalue weighted by molar-refractivity contribution is -0.127. The van der Waals surface area contributed by atoms with Crippen molar-refractivity contribution in [1.82, 2.24) is 4.90 Å². The van der Waals surface area contributed by atoms with E-state index in [2.05, 4.69) is 0 Å². The van der Waals surface area contributed by atoms with Crippen LogP contribution in [-0.4, -0.2) is 38.6 Å². The molecule has 0 aromatic heterocycles. The average Bonchev–Trinajstić information content (AvgIpc) is 2.31. The molecule has 0 radical (unpaired) electrons. The highest BCUT2D eigenvalue weighted by Crippen LogP contribution is 2.21. The van der Waals surface area contributed by atoms with E-state index in [4.69, 9.17) is 0 Å². The minimum Gasteiger partial charge on any atom is -0.348 e. The normalized spacial score (nSPS) is 13.1. The quantitative estimate of drug-likeness (QED) is 0.854. The molecule has 1 aromatic carbocycles. The first-order valence-corrected chi connectivity index (χ1v) is 8.27. The predicted molar refractivity (Wildman–Crippen MR) is 81.4 cm³/mol. The van der Waals surface area contributed by atoms with Crippen molar-refractivity contribution in [1.29, 1.82) is 0 Å². The fraction of sp³-hybridized carbons (Fsp3) is 0.533. The summed E-state index contributed by atoms with van der Waals surface area (Å²) in [5, 5.41) is -1.02. The number of carbonyl (C=O) groups is 1. The summed E-state index contributed by atoms with van der Waals surface area (Å²) >= 11 is 0. The highest BCUT2D eigenvalue weighted by Gasteiger charge is 2.30. The lowest BCUT2D eigenvalue weighted by Gasteiger charge is -2.19. The minimum atomic E-state index is -3.51. The molecule has 20 heavy (non-hydrogen) atoms. The predicted octanol–water partition coefficient (Wildman–Crippen LogP) is 2.00. The van der Waals surface area contributed by atoms with E-state index in [0.717, 1.165) is 22.3 Å². The van der Waals surface area contributed by atoms with Crippen molar-refractivity contribution in [2.45, 2.75) is 38.7 Å².